The number of carbonyl (C=O) groups is 5. The second kappa shape index (κ2) is 12.7. The third-order valence-corrected chi connectivity index (χ3v) is 4.83. The van der Waals surface area contributed by atoms with Crippen LogP contribution in [0.1, 0.15) is 26.0 Å². The normalized spacial score (nSPS) is 14.7. The van der Waals surface area contributed by atoms with Crippen LogP contribution in [-0.4, -0.2) is 74.6 Å². The third-order valence-electron chi connectivity index (χ3n) is 4.47. The summed E-state index contributed by atoms with van der Waals surface area (Å²) in [4.78, 5) is 66.7. The van der Waals surface area contributed by atoms with Crippen molar-refractivity contribution in [2.75, 3.05) is 5.75 Å². The molecule has 0 radical (unpaired) electrons. The van der Waals surface area contributed by atoms with Crippen molar-refractivity contribution < 1.29 is 29.1 Å². The molecular weight excluding hydrogens is 442 g/mol. The molecule has 0 saturated carbocycles. The van der Waals surface area contributed by atoms with Gasteiger partial charge in [-0.2, -0.15) is 12.6 Å². The topological polar surface area (TPSA) is 222 Å². The summed E-state index contributed by atoms with van der Waals surface area (Å²) in [6.45, 7) is 3.49. The minimum Gasteiger partial charge on any atom is -0.480 e. The van der Waals surface area contributed by atoms with Gasteiger partial charge in [-0.05, 0) is 5.92 Å². The van der Waals surface area contributed by atoms with E-state index in [9.17, 15) is 29.1 Å². The predicted octanol–water partition coefficient (Wildman–Crippen LogP) is -2.72. The number of carboxylic acid groups (broad SMARTS) is 1. The molecule has 9 N–H and O–H groups in total. The van der Waals surface area contributed by atoms with E-state index in [0.29, 0.717) is 5.69 Å². The summed E-state index contributed by atoms with van der Waals surface area (Å²) in [5.41, 5.74) is 11.3. The molecule has 0 saturated heterocycles. The van der Waals surface area contributed by atoms with Crippen LogP contribution in [-0.2, 0) is 30.4 Å². The molecule has 0 aliphatic rings. The molecule has 0 spiro atoms. The molecule has 4 unspecified atom stereocenters. The van der Waals surface area contributed by atoms with Crippen molar-refractivity contribution in [1.29, 1.82) is 0 Å². The number of aromatic amines is 1. The molecule has 14 heteroatoms. The standard InChI is InChI=1S/C18H29N7O6S/c1-8(2)14(20)17(29)25-12(6-32)16(28)23-10(3-9-5-21-7-22-9)15(27)24-11(18(30)31)4-13(19)26/h5,7-8,10-12,14,32H,3-4,6,20H2,1-2H3,(H2,19,26)(H,21,22)(H,23,28)(H,24,27)(H,25,29)(H,30,31). The zero-order valence-corrected chi connectivity index (χ0v) is 18.6. The van der Waals surface area contributed by atoms with E-state index in [1.807, 2.05) is 0 Å². The summed E-state index contributed by atoms with van der Waals surface area (Å²) in [6.07, 6.45) is 2.08. The van der Waals surface area contributed by atoms with Crippen molar-refractivity contribution in [2.45, 2.75) is 50.9 Å². The van der Waals surface area contributed by atoms with Gasteiger partial charge in [0.15, 0.2) is 0 Å². The number of nitrogens with one attached hydrogen (secondary N) is 4. The lowest BCUT2D eigenvalue weighted by Gasteiger charge is -2.24. The molecular formula is C18H29N7O6S. The monoisotopic (exact) mass is 471 g/mol. The van der Waals surface area contributed by atoms with E-state index >= 15 is 0 Å². The maximum Gasteiger partial charge on any atom is 0.326 e. The maximum absolute atomic E-state index is 12.7. The van der Waals surface area contributed by atoms with Crippen LogP contribution in [0.15, 0.2) is 12.5 Å². The number of H-pyrrole nitrogens is 1. The van der Waals surface area contributed by atoms with Gasteiger partial charge in [0.2, 0.25) is 23.6 Å². The summed E-state index contributed by atoms with van der Waals surface area (Å²) in [6, 6.07) is -4.78. The van der Waals surface area contributed by atoms with Crippen LogP contribution >= 0.6 is 12.6 Å². The molecule has 13 nitrogen and oxygen atoms in total. The van der Waals surface area contributed by atoms with Crippen molar-refractivity contribution in [2.24, 2.45) is 17.4 Å². The molecule has 4 atom stereocenters. The number of carbonyl (C=O) groups excluding carboxylic acids is 4. The minimum absolute atomic E-state index is 0.0702. The molecule has 1 aromatic heterocycles. The van der Waals surface area contributed by atoms with E-state index in [1.54, 1.807) is 13.8 Å². The Morgan fingerprint density at radius 3 is 2.09 bits per heavy atom. The quantitative estimate of drug-likeness (QED) is 0.141. The van der Waals surface area contributed by atoms with Gasteiger partial charge in [0, 0.05) is 24.1 Å². The Morgan fingerprint density at radius 1 is 1.06 bits per heavy atom. The molecule has 178 valence electrons. The smallest absolute Gasteiger partial charge is 0.326 e. The molecule has 0 fully saturated rings. The first-order valence-corrected chi connectivity index (χ1v) is 10.3. The van der Waals surface area contributed by atoms with Gasteiger partial charge in [-0.15, -0.1) is 0 Å². The summed E-state index contributed by atoms with van der Waals surface area (Å²) >= 11 is 4.07. The van der Waals surface area contributed by atoms with Gasteiger partial charge in [0.25, 0.3) is 0 Å². The SMILES string of the molecule is CC(C)C(N)C(=O)NC(CS)C(=O)NC(Cc1cnc[nH]1)C(=O)NC(CC(N)=O)C(=O)O. The molecule has 0 bridgehead atoms. The molecule has 32 heavy (non-hydrogen) atoms. The number of carboxylic acids is 1. The summed E-state index contributed by atoms with van der Waals surface area (Å²) < 4.78 is 0. The Labute approximate surface area is 189 Å². The first-order chi connectivity index (χ1) is 15.0. The number of thiol groups is 1. The zero-order valence-electron chi connectivity index (χ0n) is 17.7. The average molecular weight is 472 g/mol. The van der Waals surface area contributed by atoms with Crippen molar-refractivity contribution in [3.8, 4) is 0 Å². The van der Waals surface area contributed by atoms with Crippen molar-refractivity contribution in [1.82, 2.24) is 25.9 Å². The molecule has 1 heterocycles. The average Bonchev–Trinajstić information content (AvgIpc) is 3.22. The highest BCUT2D eigenvalue weighted by Gasteiger charge is 2.31. The number of primary amides is 1. The van der Waals surface area contributed by atoms with Gasteiger partial charge in [-0.1, -0.05) is 13.8 Å². The summed E-state index contributed by atoms with van der Waals surface area (Å²) in [5, 5.41) is 16.3. The largest absolute Gasteiger partial charge is 0.480 e. The Hall–Kier alpha value is -3.13. The number of rotatable bonds is 13. The predicted molar refractivity (Wildman–Crippen MR) is 116 cm³/mol. The number of nitrogens with two attached hydrogens (primary N) is 2. The van der Waals surface area contributed by atoms with Crippen molar-refractivity contribution in [3.63, 3.8) is 0 Å². The van der Waals surface area contributed by atoms with E-state index in [0.717, 1.165) is 0 Å². The fraction of sp³-hybridized carbons (Fsp3) is 0.556. The molecule has 1 rings (SSSR count). The molecule has 4 amide bonds. The van der Waals surface area contributed by atoms with Crippen LogP contribution in [0.2, 0.25) is 0 Å². The van der Waals surface area contributed by atoms with E-state index in [-0.39, 0.29) is 18.1 Å². The second-order valence-electron chi connectivity index (χ2n) is 7.43. The van der Waals surface area contributed by atoms with Gasteiger partial charge in [-0.3, -0.25) is 19.2 Å². The third kappa shape index (κ3) is 8.55. The highest BCUT2D eigenvalue weighted by molar-refractivity contribution is 7.80. The summed E-state index contributed by atoms with van der Waals surface area (Å²) in [7, 11) is 0. The van der Waals surface area contributed by atoms with Gasteiger partial charge in [-0.25, -0.2) is 9.78 Å². The highest BCUT2D eigenvalue weighted by atomic mass is 32.1. The van der Waals surface area contributed by atoms with Crippen LogP contribution in [0.3, 0.4) is 0 Å². The summed E-state index contributed by atoms with van der Waals surface area (Å²) in [5.74, 6) is -4.80. The van der Waals surface area contributed by atoms with Crippen LogP contribution in [0, 0.1) is 5.92 Å². The number of nitrogens with zero attached hydrogens (tertiary/aromatic N) is 1. The lowest BCUT2D eigenvalue weighted by atomic mass is 10.0. The van der Waals surface area contributed by atoms with Gasteiger partial charge < -0.3 is 37.5 Å². The fourth-order valence-electron chi connectivity index (χ4n) is 2.54. The fourth-order valence-corrected chi connectivity index (χ4v) is 2.79. The number of amides is 4. The lowest BCUT2D eigenvalue weighted by Crippen LogP contribution is -2.58. The number of hydrogen-bond acceptors (Lipinski definition) is 8. The Balaban J connectivity index is 2.98. The molecule has 0 aromatic carbocycles. The second-order valence-corrected chi connectivity index (χ2v) is 7.79. The first-order valence-electron chi connectivity index (χ1n) is 9.72. The Kier molecular flexibility index (Phi) is 10.6. The van der Waals surface area contributed by atoms with Crippen molar-refractivity contribution in [3.05, 3.63) is 18.2 Å². The van der Waals surface area contributed by atoms with E-state index in [1.165, 1.54) is 12.5 Å². The van der Waals surface area contributed by atoms with Gasteiger partial charge in [0.1, 0.15) is 18.1 Å². The van der Waals surface area contributed by atoms with E-state index in [2.05, 4.69) is 38.5 Å². The maximum atomic E-state index is 12.7. The Bertz CT molecular complexity index is 817. The Morgan fingerprint density at radius 2 is 1.62 bits per heavy atom. The zero-order chi connectivity index (χ0) is 24.4. The van der Waals surface area contributed by atoms with E-state index < -0.39 is 60.2 Å². The lowest BCUT2D eigenvalue weighted by molar-refractivity contribution is -0.143. The first kappa shape index (κ1) is 26.9. The minimum atomic E-state index is -1.58. The van der Waals surface area contributed by atoms with Crippen LogP contribution in [0.4, 0.5) is 0 Å². The molecule has 0 aliphatic heterocycles. The number of aromatic nitrogens is 2. The van der Waals surface area contributed by atoms with Crippen LogP contribution in [0.25, 0.3) is 0 Å². The highest BCUT2D eigenvalue weighted by Crippen LogP contribution is 2.04. The number of hydrogen-bond donors (Lipinski definition) is 8. The van der Waals surface area contributed by atoms with Crippen LogP contribution < -0.4 is 27.4 Å². The number of imidazole rings is 1. The van der Waals surface area contributed by atoms with Gasteiger partial charge >= 0.3 is 5.97 Å². The van der Waals surface area contributed by atoms with Gasteiger partial charge in [0.05, 0.1) is 18.8 Å². The van der Waals surface area contributed by atoms with Crippen LogP contribution in [0.5, 0.6) is 0 Å². The molecule has 1 aromatic rings. The van der Waals surface area contributed by atoms with Crippen molar-refractivity contribution >= 4 is 42.2 Å². The van der Waals surface area contributed by atoms with E-state index in [4.69, 9.17) is 11.5 Å². The molecule has 0 aliphatic carbocycles. The number of aliphatic carboxylic acids is 1.